The molecule has 0 unspecified atom stereocenters. The molecule has 11 heteroatoms. The highest BCUT2D eigenvalue weighted by atomic mass is 16.5. The topological polar surface area (TPSA) is 152 Å². The van der Waals surface area contributed by atoms with Crippen LogP contribution in [0.1, 0.15) is 32.1 Å². The number of carbonyl (C=O) groups is 3. The van der Waals surface area contributed by atoms with E-state index in [-0.39, 0.29) is 30.3 Å². The molecule has 3 aromatic heterocycles. The quantitative estimate of drug-likeness (QED) is 0.419. The second-order valence-corrected chi connectivity index (χ2v) is 7.32. The van der Waals surface area contributed by atoms with E-state index in [1.807, 2.05) is 12.1 Å². The van der Waals surface area contributed by atoms with Gasteiger partial charge in [0.1, 0.15) is 29.9 Å². The molecular formula is C22H17N7O4. The van der Waals surface area contributed by atoms with Crippen molar-refractivity contribution in [3.63, 3.8) is 0 Å². The first kappa shape index (κ1) is 20.2. The smallest absolute Gasteiger partial charge is 0.275 e. The van der Waals surface area contributed by atoms with Crippen LogP contribution < -0.4 is 15.4 Å². The Kier molecular flexibility index (Phi) is 5.19. The number of hydrogen-bond donors (Lipinski definition) is 3. The number of ether oxygens (including phenoxy) is 1. The van der Waals surface area contributed by atoms with Crippen LogP contribution in [0.15, 0.2) is 49.3 Å². The predicted octanol–water partition coefficient (Wildman–Crippen LogP) is 1.43. The van der Waals surface area contributed by atoms with Crippen LogP contribution in [-0.2, 0) is 17.8 Å². The van der Waals surface area contributed by atoms with Crippen molar-refractivity contribution >= 4 is 34.3 Å². The van der Waals surface area contributed by atoms with Gasteiger partial charge >= 0.3 is 0 Å². The molecule has 1 aromatic carbocycles. The maximum Gasteiger partial charge on any atom is 0.275 e. The molecule has 164 valence electrons. The summed E-state index contributed by atoms with van der Waals surface area (Å²) in [5, 5.41) is 5.52. The summed E-state index contributed by atoms with van der Waals surface area (Å²) in [6.07, 6.45) is 7.34. The van der Waals surface area contributed by atoms with Crippen LogP contribution in [0.2, 0.25) is 0 Å². The van der Waals surface area contributed by atoms with E-state index in [1.54, 1.807) is 6.07 Å². The molecule has 2 amide bonds. The van der Waals surface area contributed by atoms with E-state index in [1.165, 1.54) is 31.1 Å². The van der Waals surface area contributed by atoms with E-state index in [0.717, 1.165) is 11.1 Å². The standard InChI is InChI=1S/C22H17N7O4/c30-14-6-13-5-12(1-2-17(13)33-10-14)7-26-22(32)20-19-18(27-11-28-20)15(9-25-19)29-21(31)16-8-23-3-4-24-16/h1-5,8-9,11,25H,6-7,10H2,(H,26,32)(H,29,31). The number of hydrogen-bond acceptors (Lipinski definition) is 8. The molecule has 5 rings (SSSR count). The number of amides is 2. The monoisotopic (exact) mass is 443 g/mol. The van der Waals surface area contributed by atoms with Crippen LogP contribution >= 0.6 is 0 Å². The highest BCUT2D eigenvalue weighted by molar-refractivity contribution is 6.10. The van der Waals surface area contributed by atoms with Crippen LogP contribution in [0.4, 0.5) is 5.69 Å². The van der Waals surface area contributed by atoms with E-state index in [9.17, 15) is 14.4 Å². The number of H-pyrrole nitrogens is 1. The van der Waals surface area contributed by atoms with Gasteiger partial charge < -0.3 is 20.4 Å². The second kappa shape index (κ2) is 8.46. The Labute approximate surface area is 186 Å². The van der Waals surface area contributed by atoms with Gasteiger partial charge in [-0.05, 0) is 17.7 Å². The highest BCUT2D eigenvalue weighted by Gasteiger charge is 2.19. The lowest BCUT2D eigenvalue weighted by molar-refractivity contribution is -0.121. The average Bonchev–Trinajstić information content (AvgIpc) is 3.25. The van der Waals surface area contributed by atoms with E-state index in [0.29, 0.717) is 28.9 Å². The summed E-state index contributed by atoms with van der Waals surface area (Å²) in [6.45, 7) is 0.326. The fraction of sp³-hybridized carbons (Fsp3) is 0.136. The Bertz CT molecular complexity index is 1380. The van der Waals surface area contributed by atoms with Crippen molar-refractivity contribution in [3.8, 4) is 5.75 Å². The average molecular weight is 443 g/mol. The van der Waals surface area contributed by atoms with Gasteiger partial charge in [0.25, 0.3) is 11.8 Å². The number of Topliss-reactive ketones (excluding diaryl/α,β-unsaturated/α-hetero) is 1. The first-order chi connectivity index (χ1) is 16.1. The van der Waals surface area contributed by atoms with Gasteiger partial charge in [0.15, 0.2) is 11.5 Å². The van der Waals surface area contributed by atoms with Gasteiger partial charge in [0.05, 0.1) is 17.4 Å². The van der Waals surface area contributed by atoms with Gasteiger partial charge in [0.2, 0.25) is 0 Å². The number of ketones is 1. The maximum absolute atomic E-state index is 12.8. The van der Waals surface area contributed by atoms with Crippen LogP contribution in [0.25, 0.3) is 11.0 Å². The molecule has 1 aliphatic rings. The molecule has 0 spiro atoms. The largest absolute Gasteiger partial charge is 0.486 e. The molecule has 4 heterocycles. The summed E-state index contributed by atoms with van der Waals surface area (Å²) < 4.78 is 5.40. The minimum Gasteiger partial charge on any atom is -0.486 e. The van der Waals surface area contributed by atoms with Crippen molar-refractivity contribution < 1.29 is 19.1 Å². The first-order valence-corrected chi connectivity index (χ1v) is 10.0. The summed E-state index contributed by atoms with van der Waals surface area (Å²) in [4.78, 5) is 55.9. The van der Waals surface area contributed by atoms with Crippen LogP contribution in [0, 0.1) is 0 Å². The SMILES string of the molecule is O=C1COc2ccc(CNC(=O)c3ncnc4c(NC(=O)c5cnccn5)c[nH]c34)cc2C1. The zero-order valence-corrected chi connectivity index (χ0v) is 17.2. The van der Waals surface area contributed by atoms with Crippen molar-refractivity contribution in [1.29, 1.82) is 0 Å². The zero-order valence-electron chi connectivity index (χ0n) is 17.2. The number of aromatic amines is 1. The number of benzene rings is 1. The van der Waals surface area contributed by atoms with Gasteiger partial charge in [-0.3, -0.25) is 19.4 Å². The number of aromatic nitrogens is 5. The molecule has 0 saturated heterocycles. The number of nitrogens with zero attached hydrogens (tertiary/aromatic N) is 4. The lowest BCUT2D eigenvalue weighted by atomic mass is 10.0. The van der Waals surface area contributed by atoms with E-state index >= 15 is 0 Å². The third-order valence-corrected chi connectivity index (χ3v) is 5.08. The molecule has 0 aliphatic carbocycles. The Morgan fingerprint density at radius 1 is 1.12 bits per heavy atom. The third kappa shape index (κ3) is 4.11. The summed E-state index contributed by atoms with van der Waals surface area (Å²) in [6, 6.07) is 5.47. The number of rotatable bonds is 5. The lowest BCUT2D eigenvalue weighted by Crippen LogP contribution is -2.25. The minimum absolute atomic E-state index is 0.0148. The highest BCUT2D eigenvalue weighted by Crippen LogP contribution is 2.25. The number of nitrogens with one attached hydrogen (secondary N) is 3. The van der Waals surface area contributed by atoms with Crippen molar-refractivity contribution in [2.45, 2.75) is 13.0 Å². The van der Waals surface area contributed by atoms with Crippen molar-refractivity contribution in [3.05, 3.63) is 71.8 Å². The normalized spacial score (nSPS) is 12.7. The van der Waals surface area contributed by atoms with Crippen LogP contribution in [0.5, 0.6) is 5.75 Å². The third-order valence-electron chi connectivity index (χ3n) is 5.08. The molecule has 0 fully saturated rings. The number of carbonyl (C=O) groups excluding carboxylic acids is 3. The van der Waals surface area contributed by atoms with E-state index < -0.39 is 11.8 Å². The molecule has 0 bridgehead atoms. The molecule has 0 atom stereocenters. The van der Waals surface area contributed by atoms with Gasteiger partial charge in [-0.1, -0.05) is 6.07 Å². The fourth-order valence-electron chi connectivity index (χ4n) is 3.52. The number of anilines is 1. The van der Waals surface area contributed by atoms with Gasteiger partial charge in [0, 0.05) is 37.1 Å². The van der Waals surface area contributed by atoms with Crippen molar-refractivity contribution in [2.24, 2.45) is 0 Å². The van der Waals surface area contributed by atoms with Crippen molar-refractivity contribution in [2.75, 3.05) is 11.9 Å². The number of fused-ring (bicyclic) bond motifs is 2. The lowest BCUT2D eigenvalue weighted by Gasteiger charge is -2.17. The van der Waals surface area contributed by atoms with Crippen molar-refractivity contribution in [1.82, 2.24) is 30.2 Å². The summed E-state index contributed by atoms with van der Waals surface area (Å²) >= 11 is 0. The first-order valence-electron chi connectivity index (χ1n) is 10.0. The Morgan fingerprint density at radius 2 is 2.03 bits per heavy atom. The van der Waals surface area contributed by atoms with Crippen LogP contribution in [-0.4, -0.2) is 49.1 Å². The molecule has 1 aliphatic heterocycles. The Balaban J connectivity index is 1.32. The van der Waals surface area contributed by atoms with Gasteiger partial charge in [-0.2, -0.15) is 0 Å². The Morgan fingerprint density at radius 3 is 2.88 bits per heavy atom. The van der Waals surface area contributed by atoms with Gasteiger partial charge in [-0.25, -0.2) is 15.0 Å². The van der Waals surface area contributed by atoms with Crippen LogP contribution in [0.3, 0.4) is 0 Å². The summed E-state index contributed by atoms with van der Waals surface area (Å²) in [7, 11) is 0. The maximum atomic E-state index is 12.8. The molecule has 0 saturated carbocycles. The minimum atomic E-state index is -0.455. The zero-order chi connectivity index (χ0) is 22.8. The molecule has 33 heavy (non-hydrogen) atoms. The molecule has 0 radical (unpaired) electrons. The van der Waals surface area contributed by atoms with E-state index in [2.05, 4.69) is 35.6 Å². The summed E-state index contributed by atoms with van der Waals surface area (Å²) in [5.74, 6) is -0.171. The predicted molar refractivity (Wildman–Crippen MR) is 116 cm³/mol. The fourth-order valence-corrected chi connectivity index (χ4v) is 3.52. The second-order valence-electron chi connectivity index (χ2n) is 7.32. The molecule has 4 aromatic rings. The molecule has 11 nitrogen and oxygen atoms in total. The molecular weight excluding hydrogens is 426 g/mol. The van der Waals surface area contributed by atoms with E-state index in [4.69, 9.17) is 4.74 Å². The Hall–Kier alpha value is -4.67. The summed E-state index contributed by atoms with van der Waals surface area (Å²) in [5.41, 5.74) is 3.07. The van der Waals surface area contributed by atoms with Gasteiger partial charge in [-0.15, -0.1) is 0 Å². The molecule has 3 N–H and O–H groups in total.